The van der Waals surface area contributed by atoms with Crippen molar-refractivity contribution in [2.24, 2.45) is 0 Å². The van der Waals surface area contributed by atoms with E-state index in [2.05, 4.69) is 61.5 Å². The van der Waals surface area contributed by atoms with Crippen LogP contribution in [-0.4, -0.2) is 0 Å². The van der Waals surface area contributed by atoms with E-state index in [1.807, 2.05) is 13.0 Å². The summed E-state index contributed by atoms with van der Waals surface area (Å²) in [5, 5.41) is 0. The molecule has 0 bridgehead atoms. The average Bonchev–Trinajstić information content (AvgIpc) is 2.30. The SMILES string of the molecule is Cc1[c-]cc(/C=C/c2ccc(C)cc2)cc1.[Y].[Y]. The van der Waals surface area contributed by atoms with Crippen LogP contribution in [0.3, 0.4) is 0 Å². The van der Waals surface area contributed by atoms with E-state index in [1.165, 1.54) is 22.3 Å². The first-order valence-electron chi connectivity index (χ1n) is 5.47. The summed E-state index contributed by atoms with van der Waals surface area (Å²) < 4.78 is 0. The molecule has 0 aliphatic heterocycles. The summed E-state index contributed by atoms with van der Waals surface area (Å²) in [6, 6.07) is 17.9. The molecule has 2 aromatic rings. The summed E-state index contributed by atoms with van der Waals surface area (Å²) in [4.78, 5) is 0. The predicted octanol–water partition coefficient (Wildman–Crippen LogP) is 4.27. The largest absolute Gasteiger partial charge is 0.180 e. The summed E-state index contributed by atoms with van der Waals surface area (Å²) >= 11 is 0. The van der Waals surface area contributed by atoms with Crippen molar-refractivity contribution in [2.45, 2.75) is 13.8 Å². The van der Waals surface area contributed by atoms with Crippen LogP contribution in [0.1, 0.15) is 22.3 Å². The van der Waals surface area contributed by atoms with Crippen LogP contribution in [0.15, 0.2) is 42.5 Å². The van der Waals surface area contributed by atoms with Crippen molar-refractivity contribution in [1.29, 1.82) is 0 Å². The topological polar surface area (TPSA) is 0 Å². The number of benzene rings is 2. The van der Waals surface area contributed by atoms with Crippen molar-refractivity contribution < 1.29 is 65.4 Å². The zero-order valence-corrected chi connectivity index (χ0v) is 16.5. The molecule has 0 aliphatic carbocycles. The Morgan fingerprint density at radius 1 is 0.778 bits per heavy atom. The van der Waals surface area contributed by atoms with Gasteiger partial charge in [0, 0.05) is 65.4 Å². The average molecular weight is 385 g/mol. The van der Waals surface area contributed by atoms with Gasteiger partial charge < -0.3 is 0 Å². The predicted molar refractivity (Wildman–Crippen MR) is 70.1 cm³/mol. The molecule has 2 radical (unpaired) electrons. The molecule has 0 amide bonds. The molecule has 2 rings (SSSR count). The quantitative estimate of drug-likeness (QED) is 0.535. The van der Waals surface area contributed by atoms with Gasteiger partial charge in [-0.2, -0.15) is 29.8 Å². The second-order valence-electron chi connectivity index (χ2n) is 4.05. The van der Waals surface area contributed by atoms with Crippen molar-refractivity contribution in [3.05, 3.63) is 70.8 Å². The Bertz CT molecular complexity index is 434. The van der Waals surface area contributed by atoms with Gasteiger partial charge in [0.05, 0.1) is 0 Å². The van der Waals surface area contributed by atoms with E-state index < -0.39 is 0 Å². The van der Waals surface area contributed by atoms with E-state index in [4.69, 9.17) is 0 Å². The minimum absolute atomic E-state index is 0. The molecular formula is C16H15Y2-. The first kappa shape index (κ1) is 18.4. The van der Waals surface area contributed by atoms with E-state index in [0.29, 0.717) is 0 Å². The monoisotopic (exact) mass is 385 g/mol. The summed E-state index contributed by atoms with van der Waals surface area (Å²) in [5.74, 6) is 0. The van der Waals surface area contributed by atoms with Gasteiger partial charge in [0.2, 0.25) is 0 Å². The number of hydrogen-bond donors (Lipinski definition) is 0. The fraction of sp³-hybridized carbons (Fsp3) is 0.125. The molecule has 0 aromatic heterocycles. The van der Waals surface area contributed by atoms with E-state index >= 15 is 0 Å². The molecule has 86 valence electrons. The molecule has 0 aliphatic rings. The van der Waals surface area contributed by atoms with Crippen LogP contribution in [0.4, 0.5) is 0 Å². The van der Waals surface area contributed by atoms with Gasteiger partial charge in [0.15, 0.2) is 0 Å². The zero-order valence-electron chi connectivity index (χ0n) is 10.9. The van der Waals surface area contributed by atoms with Gasteiger partial charge in [0.25, 0.3) is 0 Å². The van der Waals surface area contributed by atoms with E-state index in [-0.39, 0.29) is 65.4 Å². The van der Waals surface area contributed by atoms with Crippen LogP contribution in [0.2, 0.25) is 0 Å². The molecule has 0 saturated carbocycles. The second-order valence-corrected chi connectivity index (χ2v) is 4.05. The summed E-state index contributed by atoms with van der Waals surface area (Å²) in [7, 11) is 0. The van der Waals surface area contributed by atoms with Crippen molar-refractivity contribution >= 4 is 12.2 Å². The number of rotatable bonds is 2. The van der Waals surface area contributed by atoms with Gasteiger partial charge in [-0.15, -0.1) is 11.6 Å². The fourth-order valence-electron chi connectivity index (χ4n) is 1.49. The first-order valence-corrected chi connectivity index (χ1v) is 5.47. The summed E-state index contributed by atoms with van der Waals surface area (Å²) in [5.41, 5.74) is 4.88. The smallest absolute Gasteiger partial charge is 0 e. The Kier molecular flexibility index (Phi) is 9.52. The van der Waals surface area contributed by atoms with Crippen molar-refractivity contribution in [3.63, 3.8) is 0 Å². The van der Waals surface area contributed by atoms with Crippen LogP contribution in [0, 0.1) is 19.9 Å². The third-order valence-electron chi connectivity index (χ3n) is 2.54. The molecule has 2 heteroatoms. The van der Waals surface area contributed by atoms with Gasteiger partial charge >= 0.3 is 0 Å². The molecule has 0 atom stereocenters. The molecule has 0 nitrogen and oxygen atoms in total. The van der Waals surface area contributed by atoms with Crippen molar-refractivity contribution in [1.82, 2.24) is 0 Å². The molecule has 0 fully saturated rings. The van der Waals surface area contributed by atoms with Gasteiger partial charge in [0.1, 0.15) is 0 Å². The van der Waals surface area contributed by atoms with Crippen LogP contribution in [0.25, 0.3) is 12.2 Å². The Morgan fingerprint density at radius 2 is 1.33 bits per heavy atom. The maximum absolute atomic E-state index is 3.19. The number of aryl methyl sites for hydroxylation is 2. The molecule has 0 heterocycles. The molecule has 0 saturated heterocycles. The van der Waals surface area contributed by atoms with Crippen molar-refractivity contribution in [3.8, 4) is 0 Å². The summed E-state index contributed by atoms with van der Waals surface area (Å²) in [6.07, 6.45) is 4.23. The minimum Gasteiger partial charge on any atom is -0.180 e. The van der Waals surface area contributed by atoms with Crippen LogP contribution in [0.5, 0.6) is 0 Å². The maximum atomic E-state index is 3.19. The molecular weight excluding hydrogens is 370 g/mol. The van der Waals surface area contributed by atoms with Crippen LogP contribution >= 0.6 is 0 Å². The Hall–Kier alpha value is 0.388. The molecule has 2 aromatic carbocycles. The Balaban J connectivity index is 0.00000144. The molecule has 0 N–H and O–H groups in total. The van der Waals surface area contributed by atoms with Crippen molar-refractivity contribution in [2.75, 3.05) is 0 Å². The number of hydrogen-bond acceptors (Lipinski definition) is 0. The summed E-state index contributed by atoms with van der Waals surface area (Å²) in [6.45, 7) is 4.15. The van der Waals surface area contributed by atoms with Gasteiger partial charge in [-0.25, -0.2) is 0 Å². The van der Waals surface area contributed by atoms with Gasteiger partial charge in [-0.1, -0.05) is 42.8 Å². The molecule has 18 heavy (non-hydrogen) atoms. The Morgan fingerprint density at radius 3 is 1.89 bits per heavy atom. The minimum atomic E-state index is 0. The van der Waals surface area contributed by atoms with Gasteiger partial charge in [-0.3, -0.25) is 0 Å². The van der Waals surface area contributed by atoms with E-state index in [1.54, 1.807) is 0 Å². The van der Waals surface area contributed by atoms with Crippen LogP contribution < -0.4 is 0 Å². The van der Waals surface area contributed by atoms with E-state index in [9.17, 15) is 0 Å². The molecule has 0 spiro atoms. The second kappa shape index (κ2) is 9.32. The maximum Gasteiger partial charge on any atom is 0 e. The Labute approximate surface area is 160 Å². The van der Waals surface area contributed by atoms with Gasteiger partial charge in [-0.05, 0) is 12.5 Å². The molecule has 0 unspecified atom stereocenters. The standard InChI is InChI=1S/C16H15.2Y/c1-13-3-7-15(8-4-13)11-12-16-9-5-14(2)6-10-16;;/h3-5,7-12H,1-2H3;;/q-1;;/b12-11+;;. The van der Waals surface area contributed by atoms with Crippen LogP contribution in [-0.2, 0) is 65.4 Å². The third kappa shape index (κ3) is 6.02. The normalized spacial score (nSPS) is 9.67. The first-order chi connectivity index (χ1) is 7.74. The fourth-order valence-corrected chi connectivity index (χ4v) is 1.49. The third-order valence-corrected chi connectivity index (χ3v) is 2.54. The van der Waals surface area contributed by atoms with E-state index in [0.717, 1.165) is 0 Å². The zero-order chi connectivity index (χ0) is 11.4.